The summed E-state index contributed by atoms with van der Waals surface area (Å²) < 4.78 is 17.0. The van der Waals surface area contributed by atoms with E-state index in [4.69, 9.17) is 13.9 Å². The topological polar surface area (TPSA) is 99.0 Å². The molecule has 8 heteroatoms. The Kier molecular flexibility index (Phi) is 4.20. The molecule has 3 aromatic rings. The zero-order chi connectivity index (χ0) is 16.2. The molecule has 0 radical (unpaired) electrons. The number of benzene rings is 1. The van der Waals surface area contributed by atoms with Gasteiger partial charge in [0.1, 0.15) is 12.1 Å². The number of para-hydroxylation sites is 1. The van der Waals surface area contributed by atoms with Gasteiger partial charge in [0.05, 0.1) is 18.1 Å². The van der Waals surface area contributed by atoms with Gasteiger partial charge in [-0.1, -0.05) is 12.1 Å². The maximum Gasteiger partial charge on any atom is 0.253 e. The number of nitrogens with zero attached hydrogens (tertiary/aromatic N) is 4. The molecule has 1 unspecified atom stereocenters. The molecule has 124 valence electrons. The number of hydrogen-bond acceptors (Lipinski definition) is 7. The maximum atomic E-state index is 5.83. The van der Waals surface area contributed by atoms with Crippen LogP contribution in [-0.4, -0.2) is 38.6 Å². The second kappa shape index (κ2) is 6.79. The van der Waals surface area contributed by atoms with Gasteiger partial charge in [-0.3, -0.25) is 5.10 Å². The minimum Gasteiger partial charge on any atom is -0.483 e. The van der Waals surface area contributed by atoms with Crippen molar-refractivity contribution in [1.82, 2.24) is 25.4 Å². The Hall–Kier alpha value is -2.74. The van der Waals surface area contributed by atoms with Gasteiger partial charge in [-0.2, -0.15) is 5.10 Å². The Morgan fingerprint density at radius 3 is 3.04 bits per heavy atom. The molecule has 0 saturated carbocycles. The SMILES string of the molecule is c1ccc(-c2ncn[nH]2)c(OCc2nnc(C3CCCOC3)o2)c1. The van der Waals surface area contributed by atoms with E-state index in [1.165, 1.54) is 6.33 Å². The highest BCUT2D eigenvalue weighted by atomic mass is 16.5. The van der Waals surface area contributed by atoms with E-state index in [0.29, 0.717) is 30.0 Å². The lowest BCUT2D eigenvalue weighted by Gasteiger charge is -2.18. The van der Waals surface area contributed by atoms with Crippen LogP contribution in [0.15, 0.2) is 35.0 Å². The van der Waals surface area contributed by atoms with Crippen LogP contribution in [0.4, 0.5) is 0 Å². The van der Waals surface area contributed by atoms with E-state index in [2.05, 4.69) is 25.4 Å². The van der Waals surface area contributed by atoms with E-state index in [0.717, 1.165) is 25.0 Å². The third kappa shape index (κ3) is 3.13. The Balaban J connectivity index is 1.45. The van der Waals surface area contributed by atoms with Crippen LogP contribution in [-0.2, 0) is 11.3 Å². The van der Waals surface area contributed by atoms with E-state index in [-0.39, 0.29) is 12.5 Å². The molecule has 1 aliphatic heterocycles. The zero-order valence-corrected chi connectivity index (χ0v) is 13.0. The lowest BCUT2D eigenvalue weighted by molar-refractivity contribution is 0.0717. The summed E-state index contributed by atoms with van der Waals surface area (Å²) >= 11 is 0. The molecule has 3 heterocycles. The first-order chi connectivity index (χ1) is 11.9. The van der Waals surface area contributed by atoms with Crippen molar-refractivity contribution in [3.05, 3.63) is 42.4 Å². The minimum absolute atomic E-state index is 0.182. The first-order valence-corrected chi connectivity index (χ1v) is 7.88. The van der Waals surface area contributed by atoms with Crippen LogP contribution in [0.25, 0.3) is 11.4 Å². The average Bonchev–Trinajstić information content (AvgIpc) is 3.33. The third-order valence-corrected chi connectivity index (χ3v) is 3.90. The van der Waals surface area contributed by atoms with Crippen molar-refractivity contribution >= 4 is 0 Å². The molecule has 0 spiro atoms. The molecule has 1 aromatic carbocycles. The summed E-state index contributed by atoms with van der Waals surface area (Å²) in [6, 6.07) is 7.59. The monoisotopic (exact) mass is 327 g/mol. The number of aromatic nitrogens is 5. The number of nitrogens with one attached hydrogen (secondary N) is 1. The van der Waals surface area contributed by atoms with E-state index < -0.39 is 0 Å². The lowest BCUT2D eigenvalue weighted by atomic mass is 10.0. The molecule has 1 saturated heterocycles. The summed E-state index contributed by atoms with van der Waals surface area (Å²) in [4.78, 5) is 4.16. The fourth-order valence-corrected chi connectivity index (χ4v) is 2.69. The molecule has 0 bridgehead atoms. The molecule has 8 nitrogen and oxygen atoms in total. The van der Waals surface area contributed by atoms with E-state index in [1.54, 1.807) is 0 Å². The number of hydrogen-bond donors (Lipinski definition) is 1. The molecule has 24 heavy (non-hydrogen) atoms. The number of aromatic amines is 1. The van der Waals surface area contributed by atoms with Gasteiger partial charge < -0.3 is 13.9 Å². The molecule has 2 aromatic heterocycles. The standard InChI is InChI=1S/C16H17N5O3/c1-2-6-13(12(5-1)15-17-10-18-20-15)23-9-14-19-21-16(24-14)11-4-3-7-22-8-11/h1-2,5-6,10-11H,3-4,7-9H2,(H,17,18,20). The van der Waals surface area contributed by atoms with E-state index in [1.807, 2.05) is 24.3 Å². The summed E-state index contributed by atoms with van der Waals surface area (Å²) in [6.07, 6.45) is 3.49. The van der Waals surface area contributed by atoms with Crippen LogP contribution < -0.4 is 4.74 Å². The molecule has 0 aliphatic carbocycles. The predicted molar refractivity (Wildman–Crippen MR) is 83.2 cm³/mol. The van der Waals surface area contributed by atoms with Crippen molar-refractivity contribution in [2.45, 2.75) is 25.4 Å². The highest BCUT2D eigenvalue weighted by Crippen LogP contribution is 2.28. The molecule has 1 N–H and O–H groups in total. The summed E-state index contributed by atoms with van der Waals surface area (Å²) in [5.41, 5.74) is 0.829. The van der Waals surface area contributed by atoms with Crippen molar-refractivity contribution in [1.29, 1.82) is 0 Å². The van der Waals surface area contributed by atoms with Gasteiger partial charge >= 0.3 is 0 Å². The Morgan fingerprint density at radius 2 is 2.21 bits per heavy atom. The first-order valence-electron chi connectivity index (χ1n) is 7.88. The number of ether oxygens (including phenoxy) is 2. The molecular formula is C16H17N5O3. The second-order valence-corrected chi connectivity index (χ2v) is 5.57. The fourth-order valence-electron chi connectivity index (χ4n) is 2.69. The van der Waals surface area contributed by atoms with Crippen LogP contribution in [0.1, 0.15) is 30.5 Å². The van der Waals surface area contributed by atoms with Crippen molar-refractivity contribution in [2.24, 2.45) is 0 Å². The van der Waals surface area contributed by atoms with Gasteiger partial charge in [-0.25, -0.2) is 4.98 Å². The average molecular weight is 327 g/mol. The fraction of sp³-hybridized carbons (Fsp3) is 0.375. The van der Waals surface area contributed by atoms with Crippen LogP contribution in [0, 0.1) is 0 Å². The highest BCUT2D eigenvalue weighted by Gasteiger charge is 2.22. The van der Waals surface area contributed by atoms with Gasteiger partial charge in [-0.05, 0) is 25.0 Å². The third-order valence-electron chi connectivity index (χ3n) is 3.90. The summed E-state index contributed by atoms with van der Waals surface area (Å²) in [7, 11) is 0. The van der Waals surface area contributed by atoms with Gasteiger partial charge in [0, 0.05) is 6.61 Å². The van der Waals surface area contributed by atoms with Gasteiger partial charge in [0.2, 0.25) is 5.89 Å². The molecule has 0 amide bonds. The van der Waals surface area contributed by atoms with Gasteiger partial charge in [-0.15, -0.1) is 10.2 Å². The summed E-state index contributed by atoms with van der Waals surface area (Å²) in [6.45, 7) is 1.64. The smallest absolute Gasteiger partial charge is 0.253 e. The van der Waals surface area contributed by atoms with Gasteiger partial charge in [0.15, 0.2) is 12.4 Å². The number of H-pyrrole nitrogens is 1. The zero-order valence-electron chi connectivity index (χ0n) is 13.0. The largest absolute Gasteiger partial charge is 0.483 e. The van der Waals surface area contributed by atoms with Crippen molar-refractivity contribution < 1.29 is 13.9 Å². The minimum atomic E-state index is 0.182. The van der Waals surface area contributed by atoms with Crippen LogP contribution in [0.3, 0.4) is 0 Å². The number of rotatable bonds is 5. The lowest BCUT2D eigenvalue weighted by Crippen LogP contribution is -2.15. The van der Waals surface area contributed by atoms with Crippen molar-refractivity contribution in [3.63, 3.8) is 0 Å². The van der Waals surface area contributed by atoms with Crippen molar-refractivity contribution in [3.8, 4) is 17.1 Å². The van der Waals surface area contributed by atoms with Crippen LogP contribution >= 0.6 is 0 Å². The Bertz CT molecular complexity index is 781. The predicted octanol–water partition coefficient (Wildman–Crippen LogP) is 2.33. The van der Waals surface area contributed by atoms with Crippen LogP contribution in [0.2, 0.25) is 0 Å². The Morgan fingerprint density at radius 1 is 1.25 bits per heavy atom. The molecule has 1 aliphatic rings. The maximum absolute atomic E-state index is 5.83. The quantitative estimate of drug-likeness (QED) is 0.767. The van der Waals surface area contributed by atoms with E-state index in [9.17, 15) is 0 Å². The second-order valence-electron chi connectivity index (χ2n) is 5.57. The first kappa shape index (κ1) is 14.8. The normalized spacial score (nSPS) is 17.8. The molecule has 4 rings (SSSR count). The molecule has 1 atom stereocenters. The van der Waals surface area contributed by atoms with Crippen LogP contribution in [0.5, 0.6) is 5.75 Å². The van der Waals surface area contributed by atoms with Gasteiger partial charge in [0.25, 0.3) is 5.89 Å². The Labute approximate surface area is 138 Å². The summed E-state index contributed by atoms with van der Waals surface area (Å²) in [5, 5.41) is 14.9. The summed E-state index contributed by atoms with van der Waals surface area (Å²) in [5.74, 6) is 2.58. The van der Waals surface area contributed by atoms with Crippen molar-refractivity contribution in [2.75, 3.05) is 13.2 Å². The van der Waals surface area contributed by atoms with E-state index >= 15 is 0 Å². The highest BCUT2D eigenvalue weighted by molar-refractivity contribution is 5.63. The molecular weight excluding hydrogens is 310 g/mol. The molecule has 1 fully saturated rings.